The van der Waals surface area contributed by atoms with Crippen LogP contribution in [0.2, 0.25) is 0 Å². The molecule has 0 aliphatic rings. The molecule has 0 fully saturated rings. The second-order valence-corrected chi connectivity index (χ2v) is 7.34. The van der Waals surface area contributed by atoms with Gasteiger partial charge in [0.05, 0.1) is 25.1 Å². The average Bonchev–Trinajstić information content (AvgIpc) is 3.29. The number of pyridine rings is 1. The summed E-state index contributed by atoms with van der Waals surface area (Å²) in [5, 5.41) is 10.1. The van der Waals surface area contributed by atoms with Crippen molar-refractivity contribution in [2.45, 2.75) is 26.1 Å². The Labute approximate surface area is 179 Å². The predicted octanol–water partition coefficient (Wildman–Crippen LogP) is 3.19. The van der Waals surface area contributed by atoms with E-state index in [0.29, 0.717) is 35.5 Å². The fraction of sp³-hybridized carbons (Fsp3) is 0.261. The van der Waals surface area contributed by atoms with Gasteiger partial charge < -0.3 is 18.8 Å². The molecule has 0 unspecified atom stereocenters. The minimum absolute atomic E-state index is 0.0659. The van der Waals surface area contributed by atoms with Crippen molar-refractivity contribution in [2.24, 2.45) is 0 Å². The van der Waals surface area contributed by atoms with Crippen LogP contribution in [-0.2, 0) is 19.6 Å². The average molecular weight is 420 g/mol. The lowest BCUT2D eigenvalue weighted by Crippen LogP contribution is -2.27. The van der Waals surface area contributed by atoms with Gasteiger partial charge in [-0.25, -0.2) is 9.97 Å². The van der Waals surface area contributed by atoms with Gasteiger partial charge in [-0.15, -0.1) is 0 Å². The lowest BCUT2D eigenvalue weighted by Gasteiger charge is -2.22. The fourth-order valence-electron chi connectivity index (χ4n) is 3.54. The van der Waals surface area contributed by atoms with E-state index in [-0.39, 0.29) is 11.2 Å². The molecular formula is C23H24N4O4. The summed E-state index contributed by atoms with van der Waals surface area (Å²) in [6.07, 6.45) is 9.59. The quantitative estimate of drug-likeness (QED) is 0.444. The molecule has 0 bridgehead atoms. The third-order valence-electron chi connectivity index (χ3n) is 5.09. The molecule has 31 heavy (non-hydrogen) atoms. The van der Waals surface area contributed by atoms with E-state index in [0.717, 1.165) is 25.1 Å². The Balaban J connectivity index is 1.55. The molecule has 0 radical (unpaired) electrons. The molecule has 8 nitrogen and oxygen atoms in total. The van der Waals surface area contributed by atoms with Gasteiger partial charge in [0.2, 0.25) is 5.88 Å². The second kappa shape index (κ2) is 9.44. The highest BCUT2D eigenvalue weighted by Gasteiger charge is 2.14. The Morgan fingerprint density at radius 3 is 2.90 bits per heavy atom. The summed E-state index contributed by atoms with van der Waals surface area (Å²) in [5.41, 5.74) is 1.90. The minimum Gasteiger partial charge on any atom is -0.508 e. The first-order chi connectivity index (χ1) is 15.1. The van der Waals surface area contributed by atoms with E-state index in [1.165, 1.54) is 18.4 Å². The number of nitrogens with zero attached hydrogens (tertiary/aromatic N) is 4. The molecule has 0 aliphatic carbocycles. The number of aromatic hydroxyl groups is 1. The van der Waals surface area contributed by atoms with Gasteiger partial charge in [-0.05, 0) is 30.2 Å². The van der Waals surface area contributed by atoms with Gasteiger partial charge in [-0.2, -0.15) is 0 Å². The minimum atomic E-state index is -0.0897. The number of rotatable bonds is 9. The van der Waals surface area contributed by atoms with Crippen molar-refractivity contribution in [2.75, 3.05) is 13.7 Å². The largest absolute Gasteiger partial charge is 0.508 e. The van der Waals surface area contributed by atoms with E-state index in [1.807, 2.05) is 22.9 Å². The first-order valence-corrected chi connectivity index (χ1v) is 10.0. The molecule has 0 saturated heterocycles. The van der Waals surface area contributed by atoms with E-state index in [4.69, 9.17) is 9.15 Å². The third-order valence-corrected chi connectivity index (χ3v) is 5.09. The Hall–Kier alpha value is -3.65. The number of phenols is 1. The lowest BCUT2D eigenvalue weighted by atomic mass is 10.1. The zero-order chi connectivity index (χ0) is 21.6. The highest BCUT2D eigenvalue weighted by molar-refractivity contribution is 5.78. The van der Waals surface area contributed by atoms with Crippen LogP contribution in [0.15, 0.2) is 70.7 Å². The maximum atomic E-state index is 13.0. The number of aryl methyl sites for hydroxylation is 1. The van der Waals surface area contributed by atoms with Crippen LogP contribution in [0.5, 0.6) is 11.6 Å². The smallest absolute Gasteiger partial charge is 0.213 e. The highest BCUT2D eigenvalue weighted by atomic mass is 16.5. The molecule has 4 rings (SSSR count). The Morgan fingerprint density at radius 2 is 2.10 bits per heavy atom. The van der Waals surface area contributed by atoms with Crippen LogP contribution in [0.25, 0.3) is 11.0 Å². The van der Waals surface area contributed by atoms with Gasteiger partial charge >= 0.3 is 0 Å². The van der Waals surface area contributed by atoms with Crippen LogP contribution in [-0.4, -0.2) is 38.2 Å². The summed E-state index contributed by atoms with van der Waals surface area (Å²) in [5.74, 6) is 0.622. The third kappa shape index (κ3) is 5.10. The van der Waals surface area contributed by atoms with Crippen LogP contribution >= 0.6 is 0 Å². The van der Waals surface area contributed by atoms with Crippen molar-refractivity contribution in [3.8, 4) is 11.6 Å². The number of hydrogen-bond acceptors (Lipinski definition) is 7. The molecule has 4 aromatic rings. The van der Waals surface area contributed by atoms with Crippen molar-refractivity contribution >= 4 is 11.0 Å². The Bertz CT molecular complexity index is 1200. The Kier molecular flexibility index (Phi) is 6.28. The first kappa shape index (κ1) is 20.6. The molecular weight excluding hydrogens is 396 g/mol. The van der Waals surface area contributed by atoms with Crippen molar-refractivity contribution < 1.29 is 14.3 Å². The molecule has 3 heterocycles. The zero-order valence-electron chi connectivity index (χ0n) is 17.3. The summed E-state index contributed by atoms with van der Waals surface area (Å²) in [6.45, 7) is 2.68. The van der Waals surface area contributed by atoms with Crippen LogP contribution in [0, 0.1) is 0 Å². The molecule has 0 atom stereocenters. The maximum Gasteiger partial charge on any atom is 0.213 e. The molecule has 0 saturated carbocycles. The number of aromatic nitrogens is 3. The summed E-state index contributed by atoms with van der Waals surface area (Å²) in [6, 6.07) is 8.38. The summed E-state index contributed by atoms with van der Waals surface area (Å²) in [7, 11) is 1.59. The van der Waals surface area contributed by atoms with E-state index < -0.39 is 0 Å². The predicted molar refractivity (Wildman–Crippen MR) is 116 cm³/mol. The number of hydrogen-bond donors (Lipinski definition) is 1. The summed E-state index contributed by atoms with van der Waals surface area (Å²) < 4.78 is 12.9. The molecule has 1 aromatic carbocycles. The molecule has 1 N–H and O–H groups in total. The molecule has 160 valence electrons. The molecule has 0 amide bonds. The van der Waals surface area contributed by atoms with Gasteiger partial charge in [0, 0.05) is 62.5 Å². The van der Waals surface area contributed by atoms with Crippen LogP contribution in [0.1, 0.15) is 17.5 Å². The fourth-order valence-corrected chi connectivity index (χ4v) is 3.54. The zero-order valence-corrected chi connectivity index (χ0v) is 17.3. The summed E-state index contributed by atoms with van der Waals surface area (Å²) >= 11 is 0. The van der Waals surface area contributed by atoms with Gasteiger partial charge in [0.25, 0.3) is 0 Å². The summed E-state index contributed by atoms with van der Waals surface area (Å²) in [4.78, 5) is 23.4. The molecule has 0 aliphatic heterocycles. The number of methoxy groups -OCH3 is 1. The van der Waals surface area contributed by atoms with E-state index in [1.54, 1.807) is 31.9 Å². The number of fused-ring (bicyclic) bond motifs is 1. The van der Waals surface area contributed by atoms with Crippen molar-refractivity contribution in [3.05, 3.63) is 82.9 Å². The number of benzene rings is 1. The van der Waals surface area contributed by atoms with Crippen LogP contribution in [0.4, 0.5) is 0 Å². The second-order valence-electron chi connectivity index (χ2n) is 7.34. The van der Waals surface area contributed by atoms with E-state index in [2.05, 4.69) is 14.9 Å². The first-order valence-electron chi connectivity index (χ1n) is 10.0. The standard InChI is InChI=1S/C23H24N4O4/c1-30-22-11-17(5-6-25-22)13-27(9-2-8-26-10-7-24-16-26)14-18-15-31-21-12-19(28)3-4-20(21)23(18)29/h3-7,10-12,15-16,28H,2,8-9,13-14H2,1H3. The molecule has 0 spiro atoms. The molecule has 3 aromatic heterocycles. The van der Waals surface area contributed by atoms with E-state index in [9.17, 15) is 9.90 Å². The molecule has 8 heteroatoms. The number of imidazole rings is 1. The lowest BCUT2D eigenvalue weighted by molar-refractivity contribution is 0.245. The number of phenolic OH excluding ortho intramolecular Hbond substituents is 1. The van der Waals surface area contributed by atoms with Gasteiger partial charge in [0.1, 0.15) is 11.3 Å². The normalized spacial score (nSPS) is 11.3. The monoisotopic (exact) mass is 420 g/mol. The van der Waals surface area contributed by atoms with Gasteiger partial charge in [-0.1, -0.05) is 0 Å². The van der Waals surface area contributed by atoms with Crippen molar-refractivity contribution in [1.29, 1.82) is 0 Å². The number of ether oxygens (including phenoxy) is 1. The van der Waals surface area contributed by atoms with Crippen LogP contribution in [0.3, 0.4) is 0 Å². The SMILES string of the molecule is COc1cc(CN(CCCn2ccnc2)Cc2coc3cc(O)ccc3c2=O)ccn1. The van der Waals surface area contributed by atoms with Crippen molar-refractivity contribution in [1.82, 2.24) is 19.4 Å². The van der Waals surface area contributed by atoms with Gasteiger partial charge in [-0.3, -0.25) is 9.69 Å². The van der Waals surface area contributed by atoms with Crippen molar-refractivity contribution in [3.63, 3.8) is 0 Å². The topological polar surface area (TPSA) is 93.6 Å². The highest BCUT2D eigenvalue weighted by Crippen LogP contribution is 2.19. The van der Waals surface area contributed by atoms with E-state index >= 15 is 0 Å². The maximum absolute atomic E-state index is 13.0. The Morgan fingerprint density at radius 1 is 1.19 bits per heavy atom. The van der Waals surface area contributed by atoms with Gasteiger partial charge in [0.15, 0.2) is 5.43 Å². The van der Waals surface area contributed by atoms with Crippen LogP contribution < -0.4 is 10.2 Å².